The van der Waals surface area contributed by atoms with Gasteiger partial charge in [-0.2, -0.15) is 0 Å². The van der Waals surface area contributed by atoms with Gasteiger partial charge in [0.15, 0.2) is 5.88 Å². The Hall–Kier alpha value is -1.44. The molecule has 1 heterocycles. The molecule has 1 N–H and O–H groups in total. The summed E-state index contributed by atoms with van der Waals surface area (Å²) in [5, 5.41) is 12.3. The van der Waals surface area contributed by atoms with Crippen molar-refractivity contribution in [1.29, 1.82) is 0 Å². The summed E-state index contributed by atoms with van der Waals surface area (Å²) in [6.45, 7) is 0.973. The number of aromatic hydroxyl groups is 1. The molecule has 0 bridgehead atoms. The van der Waals surface area contributed by atoms with Gasteiger partial charge in [0.05, 0.1) is 0 Å². The van der Waals surface area contributed by atoms with Gasteiger partial charge in [0.1, 0.15) is 0 Å². The predicted octanol–water partition coefficient (Wildman–Crippen LogP) is 3.93. The average molecular weight is 229 g/mol. The highest BCUT2D eigenvalue weighted by Gasteiger charge is 2.16. The molecule has 17 heavy (non-hydrogen) atoms. The lowest BCUT2D eigenvalue weighted by Crippen LogP contribution is -2.13. The molecule has 0 aliphatic heterocycles. The minimum Gasteiger partial charge on any atom is -0.494 e. The predicted molar refractivity (Wildman–Crippen MR) is 70.2 cm³/mol. The molecule has 3 rings (SSSR count). The molecule has 1 aliphatic carbocycles. The minimum atomic E-state index is 0.436. The molecule has 0 spiro atoms. The number of hydrogen-bond acceptors (Lipinski definition) is 1. The van der Waals surface area contributed by atoms with Crippen LogP contribution in [0.2, 0.25) is 0 Å². The fourth-order valence-electron chi connectivity index (χ4n) is 2.98. The van der Waals surface area contributed by atoms with Crippen LogP contribution in [-0.2, 0) is 6.54 Å². The second-order valence-electron chi connectivity index (χ2n) is 5.20. The SMILES string of the molecule is Oc1c2ccccc2cn1CC1CCCCC1. The van der Waals surface area contributed by atoms with Gasteiger partial charge < -0.3 is 9.67 Å². The zero-order valence-electron chi connectivity index (χ0n) is 10.1. The number of aromatic nitrogens is 1. The van der Waals surface area contributed by atoms with Crippen LogP contribution in [0.5, 0.6) is 5.88 Å². The summed E-state index contributed by atoms with van der Waals surface area (Å²) in [5.41, 5.74) is 0. The Labute approximate surface area is 102 Å². The van der Waals surface area contributed by atoms with E-state index < -0.39 is 0 Å². The second-order valence-corrected chi connectivity index (χ2v) is 5.20. The third-order valence-electron chi connectivity index (χ3n) is 3.95. The van der Waals surface area contributed by atoms with E-state index in [9.17, 15) is 5.11 Å². The normalized spacial score (nSPS) is 17.6. The number of rotatable bonds is 2. The van der Waals surface area contributed by atoms with Crippen LogP contribution in [0.4, 0.5) is 0 Å². The molecular formula is C15H19NO. The molecule has 2 heteroatoms. The molecule has 1 aromatic heterocycles. The number of hydrogen-bond donors (Lipinski definition) is 1. The van der Waals surface area contributed by atoms with Gasteiger partial charge in [0.2, 0.25) is 0 Å². The highest BCUT2D eigenvalue weighted by atomic mass is 16.3. The monoisotopic (exact) mass is 229 g/mol. The molecule has 1 fully saturated rings. The van der Waals surface area contributed by atoms with Crippen molar-refractivity contribution >= 4 is 10.8 Å². The molecule has 1 aromatic carbocycles. The van der Waals surface area contributed by atoms with Gasteiger partial charge in [-0.1, -0.05) is 37.5 Å². The van der Waals surface area contributed by atoms with Crippen LogP contribution in [0, 0.1) is 5.92 Å². The molecule has 90 valence electrons. The van der Waals surface area contributed by atoms with E-state index in [2.05, 4.69) is 12.3 Å². The Balaban J connectivity index is 1.87. The van der Waals surface area contributed by atoms with Gasteiger partial charge in [-0.15, -0.1) is 0 Å². The molecule has 0 radical (unpaired) electrons. The second kappa shape index (κ2) is 4.44. The van der Waals surface area contributed by atoms with E-state index in [0.717, 1.165) is 23.2 Å². The first-order valence-electron chi connectivity index (χ1n) is 6.61. The van der Waals surface area contributed by atoms with Crippen molar-refractivity contribution in [3.63, 3.8) is 0 Å². The molecule has 0 amide bonds. The summed E-state index contributed by atoms with van der Waals surface area (Å²) in [7, 11) is 0. The smallest absolute Gasteiger partial charge is 0.199 e. The van der Waals surface area contributed by atoms with E-state index in [1.807, 2.05) is 22.8 Å². The van der Waals surface area contributed by atoms with Crippen LogP contribution in [0.25, 0.3) is 10.8 Å². The van der Waals surface area contributed by atoms with Crippen molar-refractivity contribution in [2.24, 2.45) is 5.92 Å². The summed E-state index contributed by atoms with van der Waals surface area (Å²) in [4.78, 5) is 0. The van der Waals surface area contributed by atoms with Crippen LogP contribution in [0.3, 0.4) is 0 Å². The zero-order chi connectivity index (χ0) is 11.7. The Kier molecular flexibility index (Phi) is 2.79. The van der Waals surface area contributed by atoms with Crippen molar-refractivity contribution in [2.45, 2.75) is 38.6 Å². The maximum absolute atomic E-state index is 10.2. The fourth-order valence-corrected chi connectivity index (χ4v) is 2.98. The van der Waals surface area contributed by atoms with Gasteiger partial charge >= 0.3 is 0 Å². The van der Waals surface area contributed by atoms with Gasteiger partial charge in [0, 0.05) is 23.5 Å². The topological polar surface area (TPSA) is 25.2 Å². The Morgan fingerprint density at radius 1 is 1.12 bits per heavy atom. The maximum atomic E-state index is 10.2. The fraction of sp³-hybridized carbons (Fsp3) is 0.467. The lowest BCUT2D eigenvalue weighted by Gasteiger charge is -2.22. The van der Waals surface area contributed by atoms with Gasteiger partial charge in [-0.25, -0.2) is 0 Å². The molecule has 2 nitrogen and oxygen atoms in total. The number of nitrogens with zero attached hydrogens (tertiary/aromatic N) is 1. The lowest BCUT2D eigenvalue weighted by atomic mass is 9.89. The highest BCUT2D eigenvalue weighted by molar-refractivity contribution is 5.87. The quantitative estimate of drug-likeness (QED) is 0.829. The largest absolute Gasteiger partial charge is 0.494 e. The van der Waals surface area contributed by atoms with E-state index in [0.29, 0.717) is 5.88 Å². The van der Waals surface area contributed by atoms with E-state index in [1.165, 1.54) is 32.1 Å². The standard InChI is InChI=1S/C15H19NO/c17-15-14-9-5-4-8-13(14)11-16(15)10-12-6-2-1-3-7-12/h4-5,8-9,11-12,17H,1-3,6-7,10H2. The van der Waals surface area contributed by atoms with E-state index in [1.54, 1.807) is 0 Å². The zero-order valence-corrected chi connectivity index (χ0v) is 10.1. The molecule has 0 unspecified atom stereocenters. The third-order valence-corrected chi connectivity index (χ3v) is 3.95. The maximum Gasteiger partial charge on any atom is 0.199 e. The van der Waals surface area contributed by atoms with Crippen molar-refractivity contribution in [3.05, 3.63) is 30.5 Å². The Bertz CT molecular complexity index is 509. The van der Waals surface area contributed by atoms with Crippen LogP contribution in [-0.4, -0.2) is 9.67 Å². The Morgan fingerprint density at radius 3 is 2.65 bits per heavy atom. The van der Waals surface area contributed by atoms with Crippen LogP contribution >= 0.6 is 0 Å². The van der Waals surface area contributed by atoms with Crippen molar-refractivity contribution in [3.8, 4) is 5.88 Å². The van der Waals surface area contributed by atoms with Crippen molar-refractivity contribution < 1.29 is 5.11 Å². The van der Waals surface area contributed by atoms with Gasteiger partial charge in [-0.05, 0) is 24.8 Å². The van der Waals surface area contributed by atoms with Crippen LogP contribution in [0.1, 0.15) is 32.1 Å². The highest BCUT2D eigenvalue weighted by Crippen LogP contribution is 2.31. The van der Waals surface area contributed by atoms with Crippen LogP contribution < -0.4 is 0 Å². The lowest BCUT2D eigenvalue weighted by molar-refractivity contribution is 0.303. The Morgan fingerprint density at radius 2 is 1.88 bits per heavy atom. The molecule has 0 saturated heterocycles. The van der Waals surface area contributed by atoms with Gasteiger partial charge in [-0.3, -0.25) is 0 Å². The number of fused-ring (bicyclic) bond motifs is 1. The summed E-state index contributed by atoms with van der Waals surface area (Å²) >= 11 is 0. The van der Waals surface area contributed by atoms with E-state index in [4.69, 9.17) is 0 Å². The summed E-state index contributed by atoms with van der Waals surface area (Å²) in [5.74, 6) is 1.18. The molecule has 1 aliphatic rings. The molecular weight excluding hydrogens is 210 g/mol. The number of benzene rings is 1. The first-order chi connectivity index (χ1) is 8.34. The summed E-state index contributed by atoms with van der Waals surface area (Å²) in [6.07, 6.45) is 8.80. The van der Waals surface area contributed by atoms with E-state index in [-0.39, 0.29) is 0 Å². The average Bonchev–Trinajstić information content (AvgIpc) is 2.68. The van der Waals surface area contributed by atoms with Crippen LogP contribution in [0.15, 0.2) is 30.5 Å². The molecule has 2 aromatic rings. The van der Waals surface area contributed by atoms with Crippen molar-refractivity contribution in [1.82, 2.24) is 4.57 Å². The summed E-state index contributed by atoms with van der Waals surface area (Å²) < 4.78 is 2.03. The third kappa shape index (κ3) is 2.04. The van der Waals surface area contributed by atoms with Crippen molar-refractivity contribution in [2.75, 3.05) is 0 Å². The minimum absolute atomic E-state index is 0.436. The van der Waals surface area contributed by atoms with Gasteiger partial charge in [0.25, 0.3) is 0 Å². The summed E-state index contributed by atoms with van der Waals surface area (Å²) in [6, 6.07) is 8.05. The van der Waals surface area contributed by atoms with E-state index >= 15 is 0 Å². The molecule has 0 atom stereocenters. The molecule has 1 saturated carbocycles. The first kappa shape index (κ1) is 10.7. The first-order valence-corrected chi connectivity index (χ1v) is 6.61.